The molecule has 2 aromatic rings. The molecule has 21 heavy (non-hydrogen) atoms. The number of rotatable bonds is 3. The van der Waals surface area contributed by atoms with Gasteiger partial charge in [-0.3, -0.25) is 4.79 Å². The van der Waals surface area contributed by atoms with Crippen LogP contribution in [-0.4, -0.2) is 22.3 Å². The summed E-state index contributed by atoms with van der Waals surface area (Å²) in [7, 11) is 0. The Morgan fingerprint density at radius 2 is 2.00 bits per heavy atom. The normalized spacial score (nSPS) is 14.1. The first-order valence-corrected chi connectivity index (χ1v) is 7.29. The van der Waals surface area contributed by atoms with Crippen LogP contribution in [0.1, 0.15) is 22.3 Å². The Labute approximate surface area is 128 Å². The molecule has 1 amide bonds. The van der Waals surface area contributed by atoms with E-state index in [1.165, 1.54) is 5.56 Å². The van der Waals surface area contributed by atoms with Crippen molar-refractivity contribution in [3.63, 3.8) is 0 Å². The number of hydrogen-bond acceptors (Lipinski definition) is 2. The van der Waals surface area contributed by atoms with Crippen molar-refractivity contribution in [2.45, 2.75) is 12.8 Å². The summed E-state index contributed by atoms with van der Waals surface area (Å²) in [6, 6.07) is 13.6. The molecule has 3 rings (SSSR count). The van der Waals surface area contributed by atoms with E-state index in [9.17, 15) is 4.79 Å². The van der Waals surface area contributed by atoms with Crippen LogP contribution < -0.4 is 0 Å². The van der Waals surface area contributed by atoms with Crippen molar-refractivity contribution in [1.82, 2.24) is 9.88 Å². The van der Waals surface area contributed by atoms with Gasteiger partial charge in [0.15, 0.2) is 0 Å². The van der Waals surface area contributed by atoms with Gasteiger partial charge in [0, 0.05) is 24.9 Å². The highest BCUT2D eigenvalue weighted by atomic mass is 35.5. The van der Waals surface area contributed by atoms with Gasteiger partial charge in [-0.2, -0.15) is 0 Å². The van der Waals surface area contributed by atoms with Crippen molar-refractivity contribution in [2.24, 2.45) is 0 Å². The van der Waals surface area contributed by atoms with Gasteiger partial charge in [-0.1, -0.05) is 48.0 Å². The molecule has 1 aromatic carbocycles. The lowest BCUT2D eigenvalue weighted by atomic mass is 10.1. The molecule has 0 N–H and O–H groups in total. The highest BCUT2D eigenvalue weighted by Crippen LogP contribution is 2.24. The molecule has 1 aliphatic rings. The van der Waals surface area contributed by atoms with Gasteiger partial charge in [-0.05, 0) is 24.1 Å². The molecule has 0 unspecified atom stereocenters. The van der Waals surface area contributed by atoms with Crippen molar-refractivity contribution >= 4 is 17.5 Å². The first-order valence-electron chi connectivity index (χ1n) is 6.91. The lowest BCUT2D eigenvalue weighted by molar-refractivity contribution is 0.0816. The van der Waals surface area contributed by atoms with Crippen LogP contribution in [0, 0.1) is 0 Å². The summed E-state index contributed by atoms with van der Waals surface area (Å²) in [4.78, 5) is 18.4. The molecular formula is C17H15ClN2O. The molecule has 0 fully saturated rings. The molecule has 0 saturated carbocycles. The molecule has 0 saturated heterocycles. The van der Waals surface area contributed by atoms with E-state index in [0.717, 1.165) is 18.5 Å². The number of carbonyl (C=O) groups excluding carboxylic acids is 1. The Balaban J connectivity index is 1.81. The summed E-state index contributed by atoms with van der Waals surface area (Å²) in [5, 5.41) is 0.258. The van der Waals surface area contributed by atoms with E-state index >= 15 is 0 Å². The minimum atomic E-state index is -0.0761. The van der Waals surface area contributed by atoms with Crippen molar-refractivity contribution < 1.29 is 4.79 Å². The first-order chi connectivity index (χ1) is 10.3. The molecule has 0 spiro atoms. The molecule has 1 aromatic heterocycles. The van der Waals surface area contributed by atoms with E-state index in [2.05, 4.69) is 23.2 Å². The molecule has 4 heteroatoms. The highest BCUT2D eigenvalue weighted by molar-refractivity contribution is 6.32. The van der Waals surface area contributed by atoms with Crippen molar-refractivity contribution in [3.05, 3.63) is 76.7 Å². The Kier molecular flexibility index (Phi) is 4.02. The third-order valence-corrected chi connectivity index (χ3v) is 3.84. The topological polar surface area (TPSA) is 33.2 Å². The Hall–Kier alpha value is -2.13. The van der Waals surface area contributed by atoms with E-state index in [1.807, 2.05) is 18.2 Å². The van der Waals surface area contributed by atoms with Gasteiger partial charge in [-0.25, -0.2) is 4.98 Å². The maximum atomic E-state index is 12.6. The molecule has 0 radical (unpaired) electrons. The average molecular weight is 299 g/mol. The predicted molar refractivity (Wildman–Crippen MR) is 83.1 cm³/mol. The fourth-order valence-corrected chi connectivity index (χ4v) is 2.71. The van der Waals surface area contributed by atoms with E-state index in [1.54, 1.807) is 23.2 Å². The number of carbonyl (C=O) groups is 1. The van der Waals surface area contributed by atoms with Crippen LogP contribution in [-0.2, 0) is 6.42 Å². The molecule has 0 aliphatic carbocycles. The third kappa shape index (κ3) is 2.98. The molecular weight excluding hydrogens is 284 g/mol. The van der Waals surface area contributed by atoms with Crippen molar-refractivity contribution in [1.29, 1.82) is 0 Å². The number of amides is 1. The number of nitrogens with zero attached hydrogens (tertiary/aromatic N) is 2. The van der Waals surface area contributed by atoms with Crippen LogP contribution in [0.2, 0.25) is 5.15 Å². The monoisotopic (exact) mass is 298 g/mol. The quantitative estimate of drug-likeness (QED) is 0.809. The van der Waals surface area contributed by atoms with Gasteiger partial charge in [0.1, 0.15) is 5.15 Å². The van der Waals surface area contributed by atoms with Gasteiger partial charge in [0.25, 0.3) is 5.91 Å². The largest absolute Gasteiger partial charge is 0.312 e. The maximum absolute atomic E-state index is 12.6. The van der Waals surface area contributed by atoms with Crippen molar-refractivity contribution in [3.8, 4) is 0 Å². The van der Waals surface area contributed by atoms with Crippen LogP contribution in [0.5, 0.6) is 0 Å². The van der Waals surface area contributed by atoms with Gasteiger partial charge < -0.3 is 4.90 Å². The highest BCUT2D eigenvalue weighted by Gasteiger charge is 2.24. The number of hydrogen-bond donors (Lipinski definition) is 0. The van der Waals surface area contributed by atoms with E-state index in [4.69, 9.17) is 11.6 Å². The predicted octanol–water partition coefficient (Wildman–Crippen LogP) is 3.71. The zero-order valence-electron chi connectivity index (χ0n) is 11.5. The van der Waals surface area contributed by atoms with Crippen LogP contribution in [0.25, 0.3) is 0 Å². The van der Waals surface area contributed by atoms with Gasteiger partial charge in [0.05, 0.1) is 5.56 Å². The van der Waals surface area contributed by atoms with Gasteiger partial charge in [-0.15, -0.1) is 0 Å². The smallest absolute Gasteiger partial charge is 0.261 e. The maximum Gasteiger partial charge on any atom is 0.261 e. The number of halogens is 1. The van der Waals surface area contributed by atoms with Crippen LogP contribution in [0.15, 0.2) is 60.4 Å². The van der Waals surface area contributed by atoms with Gasteiger partial charge >= 0.3 is 0 Å². The molecule has 1 aliphatic heterocycles. The standard InChI is InChI=1S/C17H15ClN2O/c18-16-15(9-4-10-19-16)17(21)20-11-5-8-14(20)12-13-6-2-1-3-7-13/h1-4,6-10H,5,11-12H2. The van der Waals surface area contributed by atoms with E-state index in [0.29, 0.717) is 12.1 Å². The SMILES string of the molecule is O=C(c1cccnc1Cl)N1CCC=C1Cc1ccccc1. The number of benzene rings is 1. The molecule has 0 bridgehead atoms. The van der Waals surface area contributed by atoms with Crippen LogP contribution in [0.3, 0.4) is 0 Å². The van der Waals surface area contributed by atoms with E-state index in [-0.39, 0.29) is 11.1 Å². The first kappa shape index (κ1) is 13.8. The zero-order valence-corrected chi connectivity index (χ0v) is 12.3. The summed E-state index contributed by atoms with van der Waals surface area (Å²) in [5.41, 5.74) is 2.69. The van der Waals surface area contributed by atoms with Crippen LogP contribution in [0.4, 0.5) is 0 Å². The fraction of sp³-hybridized carbons (Fsp3) is 0.176. The molecule has 2 heterocycles. The zero-order chi connectivity index (χ0) is 14.7. The number of pyridine rings is 1. The summed E-state index contributed by atoms with van der Waals surface area (Å²) in [6.45, 7) is 0.701. The lowest BCUT2D eigenvalue weighted by Gasteiger charge is -2.21. The summed E-state index contributed by atoms with van der Waals surface area (Å²) < 4.78 is 0. The minimum Gasteiger partial charge on any atom is -0.312 e. The summed E-state index contributed by atoms with van der Waals surface area (Å²) in [5.74, 6) is -0.0761. The minimum absolute atomic E-state index is 0.0761. The Bertz CT molecular complexity index is 682. The second kappa shape index (κ2) is 6.10. The molecule has 0 atom stereocenters. The fourth-order valence-electron chi connectivity index (χ4n) is 2.51. The second-order valence-corrected chi connectivity index (χ2v) is 5.30. The lowest BCUT2D eigenvalue weighted by Crippen LogP contribution is -2.29. The Morgan fingerprint density at radius 1 is 1.19 bits per heavy atom. The van der Waals surface area contributed by atoms with E-state index < -0.39 is 0 Å². The van der Waals surface area contributed by atoms with Gasteiger partial charge in [0.2, 0.25) is 0 Å². The van der Waals surface area contributed by atoms with Crippen molar-refractivity contribution in [2.75, 3.05) is 6.54 Å². The molecule has 3 nitrogen and oxygen atoms in total. The number of aromatic nitrogens is 1. The average Bonchev–Trinajstić information content (AvgIpc) is 2.96. The summed E-state index contributed by atoms with van der Waals surface area (Å²) >= 11 is 6.03. The second-order valence-electron chi connectivity index (χ2n) is 4.95. The molecule has 106 valence electrons. The number of allylic oxidation sites excluding steroid dienone is 1. The summed E-state index contributed by atoms with van der Waals surface area (Å²) in [6.07, 6.45) is 5.34. The van der Waals surface area contributed by atoms with Crippen LogP contribution >= 0.6 is 11.6 Å². The third-order valence-electron chi connectivity index (χ3n) is 3.54. The Morgan fingerprint density at radius 3 is 2.76 bits per heavy atom.